The molecule has 8 heteroatoms. The van der Waals surface area contributed by atoms with Crippen molar-refractivity contribution in [2.24, 2.45) is 5.14 Å². The maximum atomic E-state index is 12.2. The van der Waals surface area contributed by atoms with Gasteiger partial charge in [0, 0.05) is 32.7 Å². The number of carbonyl (C=O) groups excluding carboxylic acids is 1. The van der Waals surface area contributed by atoms with Crippen molar-refractivity contribution < 1.29 is 17.9 Å². The Hall–Kier alpha value is -0.960. The van der Waals surface area contributed by atoms with Gasteiger partial charge in [-0.2, -0.15) is 0 Å². The maximum absolute atomic E-state index is 12.2. The van der Waals surface area contributed by atoms with Crippen LogP contribution in [0.4, 0.5) is 0 Å². The fraction of sp³-hybridized carbons (Fsp3) is 0.545. The molecule has 1 rings (SSSR count). The van der Waals surface area contributed by atoms with E-state index in [0.717, 1.165) is 17.8 Å². The minimum Gasteiger partial charge on any atom is -0.385 e. The first-order valence-electron chi connectivity index (χ1n) is 5.64. The van der Waals surface area contributed by atoms with Gasteiger partial charge >= 0.3 is 0 Å². The summed E-state index contributed by atoms with van der Waals surface area (Å²) in [5.74, 6) is -0.209. The van der Waals surface area contributed by atoms with Crippen LogP contribution in [0.25, 0.3) is 0 Å². The van der Waals surface area contributed by atoms with Crippen molar-refractivity contribution in [1.82, 2.24) is 4.90 Å². The molecule has 0 radical (unpaired) electrons. The SMILES string of the molecule is COCCCN(C)C(=O)c1csc(S(N)(=O)=O)c1C. The average molecular weight is 306 g/mol. The Kier molecular flexibility index (Phi) is 5.48. The van der Waals surface area contributed by atoms with Crippen LogP contribution < -0.4 is 5.14 Å². The Labute approximate surface area is 117 Å². The minimum atomic E-state index is -3.77. The Bertz CT molecular complexity index is 551. The summed E-state index contributed by atoms with van der Waals surface area (Å²) in [5.41, 5.74) is 0.796. The zero-order valence-electron chi connectivity index (χ0n) is 11.2. The third-order valence-corrected chi connectivity index (χ3v) is 5.35. The van der Waals surface area contributed by atoms with E-state index in [1.165, 1.54) is 5.38 Å². The molecule has 6 nitrogen and oxygen atoms in total. The van der Waals surface area contributed by atoms with Crippen LogP contribution in [-0.4, -0.2) is 46.5 Å². The van der Waals surface area contributed by atoms with Crippen LogP contribution in [0.3, 0.4) is 0 Å². The monoisotopic (exact) mass is 306 g/mol. The molecule has 0 saturated heterocycles. The second kappa shape index (κ2) is 6.47. The van der Waals surface area contributed by atoms with Crippen LogP contribution in [0.1, 0.15) is 22.3 Å². The zero-order chi connectivity index (χ0) is 14.6. The minimum absolute atomic E-state index is 0.0427. The van der Waals surface area contributed by atoms with Crippen LogP contribution >= 0.6 is 11.3 Å². The number of thiophene rings is 1. The molecule has 0 saturated carbocycles. The van der Waals surface area contributed by atoms with Gasteiger partial charge < -0.3 is 9.64 Å². The normalized spacial score (nSPS) is 11.6. The van der Waals surface area contributed by atoms with Gasteiger partial charge in [0.2, 0.25) is 10.0 Å². The second-order valence-electron chi connectivity index (χ2n) is 4.18. The van der Waals surface area contributed by atoms with E-state index in [-0.39, 0.29) is 10.1 Å². The highest BCUT2D eigenvalue weighted by atomic mass is 32.2. The molecule has 0 fully saturated rings. The van der Waals surface area contributed by atoms with Gasteiger partial charge in [-0.15, -0.1) is 11.3 Å². The lowest BCUT2D eigenvalue weighted by Gasteiger charge is -2.16. The van der Waals surface area contributed by atoms with Crippen LogP contribution in [0.2, 0.25) is 0 Å². The van der Waals surface area contributed by atoms with Crippen LogP contribution in [-0.2, 0) is 14.8 Å². The van der Waals surface area contributed by atoms with E-state index in [2.05, 4.69) is 0 Å². The summed E-state index contributed by atoms with van der Waals surface area (Å²) >= 11 is 0.972. The summed E-state index contributed by atoms with van der Waals surface area (Å²) in [5, 5.41) is 6.62. The molecule has 1 heterocycles. The summed E-state index contributed by atoms with van der Waals surface area (Å²) in [6.45, 7) is 2.71. The van der Waals surface area contributed by atoms with Gasteiger partial charge in [-0.25, -0.2) is 13.6 Å². The number of methoxy groups -OCH3 is 1. The smallest absolute Gasteiger partial charge is 0.254 e. The number of hydrogen-bond donors (Lipinski definition) is 1. The molecule has 0 aliphatic heterocycles. The first-order chi connectivity index (χ1) is 8.79. The van der Waals surface area contributed by atoms with Crippen molar-refractivity contribution in [2.45, 2.75) is 17.6 Å². The van der Waals surface area contributed by atoms with Crippen LogP contribution in [0.5, 0.6) is 0 Å². The Morgan fingerprint density at radius 2 is 2.16 bits per heavy atom. The van der Waals surface area contributed by atoms with E-state index in [1.54, 1.807) is 26.0 Å². The van der Waals surface area contributed by atoms with Crippen molar-refractivity contribution in [3.05, 3.63) is 16.5 Å². The van der Waals surface area contributed by atoms with E-state index >= 15 is 0 Å². The molecular formula is C11H18N2O4S2. The maximum Gasteiger partial charge on any atom is 0.254 e. The van der Waals surface area contributed by atoms with E-state index < -0.39 is 10.0 Å². The quantitative estimate of drug-likeness (QED) is 0.788. The van der Waals surface area contributed by atoms with E-state index in [4.69, 9.17) is 9.88 Å². The van der Waals surface area contributed by atoms with Crippen molar-refractivity contribution in [1.29, 1.82) is 0 Å². The number of sulfonamides is 1. The zero-order valence-corrected chi connectivity index (χ0v) is 12.8. The van der Waals surface area contributed by atoms with Crippen molar-refractivity contribution in [2.75, 3.05) is 27.3 Å². The van der Waals surface area contributed by atoms with Gasteiger partial charge in [0.05, 0.1) is 5.56 Å². The third kappa shape index (κ3) is 4.00. The summed E-state index contributed by atoms with van der Waals surface area (Å²) < 4.78 is 27.6. The molecule has 1 aromatic heterocycles. The molecular weight excluding hydrogens is 288 g/mol. The van der Waals surface area contributed by atoms with Gasteiger partial charge in [-0.1, -0.05) is 0 Å². The van der Waals surface area contributed by atoms with E-state index in [9.17, 15) is 13.2 Å². The number of rotatable bonds is 6. The fourth-order valence-electron chi connectivity index (χ4n) is 1.64. The summed E-state index contributed by atoms with van der Waals surface area (Å²) in [6.07, 6.45) is 0.726. The lowest BCUT2D eigenvalue weighted by molar-refractivity contribution is 0.0779. The number of carbonyl (C=O) groups is 1. The lowest BCUT2D eigenvalue weighted by atomic mass is 10.2. The van der Waals surface area contributed by atoms with Gasteiger partial charge in [-0.3, -0.25) is 4.79 Å². The van der Waals surface area contributed by atoms with E-state index in [0.29, 0.717) is 24.3 Å². The summed E-state index contributed by atoms with van der Waals surface area (Å²) in [6, 6.07) is 0. The van der Waals surface area contributed by atoms with Gasteiger partial charge in [0.25, 0.3) is 5.91 Å². The van der Waals surface area contributed by atoms with Crippen molar-refractivity contribution in [3.63, 3.8) is 0 Å². The summed E-state index contributed by atoms with van der Waals surface area (Å²) in [4.78, 5) is 13.7. The number of nitrogens with zero attached hydrogens (tertiary/aromatic N) is 1. The molecule has 108 valence electrons. The highest BCUT2D eigenvalue weighted by Crippen LogP contribution is 2.26. The Morgan fingerprint density at radius 3 is 2.63 bits per heavy atom. The van der Waals surface area contributed by atoms with Crippen molar-refractivity contribution >= 4 is 27.3 Å². The number of ether oxygens (including phenoxy) is 1. The molecule has 0 aliphatic rings. The molecule has 1 aromatic rings. The van der Waals surface area contributed by atoms with Gasteiger partial charge in [-0.05, 0) is 18.9 Å². The van der Waals surface area contributed by atoms with Gasteiger partial charge in [0.1, 0.15) is 4.21 Å². The molecule has 0 atom stereocenters. The molecule has 19 heavy (non-hydrogen) atoms. The number of hydrogen-bond acceptors (Lipinski definition) is 5. The molecule has 2 N–H and O–H groups in total. The van der Waals surface area contributed by atoms with Crippen LogP contribution in [0, 0.1) is 6.92 Å². The van der Waals surface area contributed by atoms with Crippen molar-refractivity contribution in [3.8, 4) is 0 Å². The highest BCUT2D eigenvalue weighted by Gasteiger charge is 2.22. The third-order valence-electron chi connectivity index (χ3n) is 2.67. The topological polar surface area (TPSA) is 89.7 Å². The second-order valence-corrected chi connectivity index (χ2v) is 6.82. The fourth-order valence-corrected chi connectivity index (χ4v) is 3.65. The first kappa shape index (κ1) is 16.1. The predicted molar refractivity (Wildman–Crippen MR) is 73.9 cm³/mol. The first-order valence-corrected chi connectivity index (χ1v) is 8.07. The predicted octanol–water partition coefficient (Wildman–Crippen LogP) is 0.812. The molecule has 0 aliphatic carbocycles. The largest absolute Gasteiger partial charge is 0.385 e. The number of nitrogens with two attached hydrogens (primary N) is 1. The highest BCUT2D eigenvalue weighted by molar-refractivity contribution is 7.91. The van der Waals surface area contributed by atoms with E-state index in [1.807, 2.05) is 0 Å². The summed E-state index contributed by atoms with van der Waals surface area (Å²) in [7, 11) is -0.492. The lowest BCUT2D eigenvalue weighted by Crippen LogP contribution is -2.28. The number of amides is 1. The molecule has 0 aromatic carbocycles. The Balaban J connectivity index is 2.87. The van der Waals surface area contributed by atoms with Crippen LogP contribution in [0.15, 0.2) is 9.59 Å². The Morgan fingerprint density at radius 1 is 1.53 bits per heavy atom. The molecule has 0 bridgehead atoms. The molecule has 0 spiro atoms. The molecule has 0 unspecified atom stereocenters. The van der Waals surface area contributed by atoms with Gasteiger partial charge in [0.15, 0.2) is 0 Å². The average Bonchev–Trinajstić information content (AvgIpc) is 2.70. The standard InChI is InChI=1S/C11H18N2O4S2/c1-8-9(7-18-11(8)19(12,15)16)10(14)13(2)5-4-6-17-3/h7H,4-6H2,1-3H3,(H2,12,15,16). The molecule has 1 amide bonds. The number of primary sulfonamides is 1.